The minimum Gasteiger partial charge on any atom is -0.349 e. The van der Waals surface area contributed by atoms with Crippen LogP contribution >= 0.6 is 0 Å². The van der Waals surface area contributed by atoms with Crippen LogP contribution in [0.3, 0.4) is 0 Å². The van der Waals surface area contributed by atoms with Crippen molar-refractivity contribution in [2.24, 2.45) is 0 Å². The molecule has 3 aromatic rings. The molecular formula is C20H24N6O2. The van der Waals surface area contributed by atoms with Gasteiger partial charge in [-0.15, -0.1) is 0 Å². The Bertz CT molecular complexity index is 1050. The zero-order valence-electron chi connectivity index (χ0n) is 16.1. The number of H-pyrrole nitrogens is 1. The van der Waals surface area contributed by atoms with Crippen LogP contribution in [0.25, 0.3) is 0 Å². The molecule has 0 aliphatic carbocycles. The number of nitrogens with one attached hydrogen (secondary N) is 2. The standard InChI is InChI=1S/C20H24N6O2/c1-13-18(14(2)26(24-13)12-15-6-4-3-5-7-15)19(27)21-16-8-9-17-22-23-20(28)25(17)11-10-16/h3-7,16H,8-12H2,1-2H3,(H,21,27)(H,23,28). The van der Waals surface area contributed by atoms with Crippen molar-refractivity contribution in [2.75, 3.05) is 0 Å². The minimum atomic E-state index is -0.184. The van der Waals surface area contributed by atoms with Crippen LogP contribution in [0.4, 0.5) is 0 Å². The van der Waals surface area contributed by atoms with E-state index in [0.29, 0.717) is 31.5 Å². The number of fused-ring (bicyclic) bond motifs is 1. The van der Waals surface area contributed by atoms with Crippen LogP contribution in [-0.4, -0.2) is 36.5 Å². The van der Waals surface area contributed by atoms with E-state index >= 15 is 0 Å². The Morgan fingerprint density at radius 2 is 2.04 bits per heavy atom. The number of rotatable bonds is 4. The molecular weight excluding hydrogens is 356 g/mol. The van der Waals surface area contributed by atoms with Crippen molar-refractivity contribution in [3.63, 3.8) is 0 Å². The molecule has 1 unspecified atom stereocenters. The molecule has 1 atom stereocenters. The van der Waals surface area contributed by atoms with Crippen LogP contribution in [0.2, 0.25) is 0 Å². The fraction of sp³-hybridized carbons (Fsp3) is 0.400. The molecule has 1 amide bonds. The highest BCUT2D eigenvalue weighted by atomic mass is 16.2. The van der Waals surface area contributed by atoms with Crippen LogP contribution in [0, 0.1) is 13.8 Å². The second-order valence-corrected chi connectivity index (χ2v) is 7.28. The highest BCUT2D eigenvalue weighted by Crippen LogP contribution is 2.17. The average molecular weight is 380 g/mol. The Morgan fingerprint density at radius 3 is 2.82 bits per heavy atom. The molecule has 2 aromatic heterocycles. The number of hydrogen-bond donors (Lipinski definition) is 2. The lowest BCUT2D eigenvalue weighted by Gasteiger charge is -2.16. The molecule has 0 fully saturated rings. The van der Waals surface area contributed by atoms with Crippen LogP contribution in [0.15, 0.2) is 35.1 Å². The molecule has 4 rings (SSSR count). The molecule has 0 saturated carbocycles. The van der Waals surface area contributed by atoms with Crippen molar-refractivity contribution in [1.82, 2.24) is 29.9 Å². The predicted molar refractivity (Wildman–Crippen MR) is 104 cm³/mol. The van der Waals surface area contributed by atoms with Gasteiger partial charge in [0.25, 0.3) is 5.91 Å². The van der Waals surface area contributed by atoms with Gasteiger partial charge >= 0.3 is 5.69 Å². The first-order chi connectivity index (χ1) is 13.5. The Hall–Kier alpha value is -3.16. The summed E-state index contributed by atoms with van der Waals surface area (Å²) in [5, 5.41) is 14.2. The summed E-state index contributed by atoms with van der Waals surface area (Å²) in [6.45, 7) is 4.99. The number of aryl methyl sites for hydroxylation is 2. The number of aromatic amines is 1. The summed E-state index contributed by atoms with van der Waals surface area (Å²) in [7, 11) is 0. The van der Waals surface area contributed by atoms with E-state index in [0.717, 1.165) is 29.2 Å². The van der Waals surface area contributed by atoms with Gasteiger partial charge in [-0.1, -0.05) is 30.3 Å². The monoisotopic (exact) mass is 380 g/mol. The Labute approximate surface area is 162 Å². The number of nitrogens with zero attached hydrogens (tertiary/aromatic N) is 4. The van der Waals surface area contributed by atoms with E-state index in [1.165, 1.54) is 0 Å². The topological polar surface area (TPSA) is 97.6 Å². The summed E-state index contributed by atoms with van der Waals surface area (Å²) in [6, 6.07) is 10.1. The van der Waals surface area contributed by atoms with Crippen LogP contribution in [-0.2, 0) is 19.5 Å². The molecule has 0 saturated heterocycles. The molecule has 28 heavy (non-hydrogen) atoms. The van der Waals surface area contributed by atoms with E-state index in [2.05, 4.69) is 20.6 Å². The molecule has 0 radical (unpaired) electrons. The summed E-state index contributed by atoms with van der Waals surface area (Å²) in [6.07, 6.45) is 2.12. The molecule has 1 aliphatic heterocycles. The smallest absolute Gasteiger partial charge is 0.343 e. The van der Waals surface area contributed by atoms with Gasteiger partial charge in [-0.05, 0) is 32.3 Å². The first-order valence-electron chi connectivity index (χ1n) is 9.56. The number of carbonyl (C=O) groups is 1. The number of carbonyl (C=O) groups excluding carboxylic acids is 1. The quantitative estimate of drug-likeness (QED) is 0.718. The van der Waals surface area contributed by atoms with E-state index in [-0.39, 0.29) is 17.6 Å². The SMILES string of the molecule is Cc1nn(Cc2ccccc2)c(C)c1C(=O)NC1CCc2n[nH]c(=O)n2CC1. The molecule has 1 aromatic carbocycles. The van der Waals surface area contributed by atoms with Crippen molar-refractivity contribution < 1.29 is 4.79 Å². The van der Waals surface area contributed by atoms with Gasteiger partial charge in [0.15, 0.2) is 0 Å². The predicted octanol–water partition coefficient (Wildman–Crippen LogP) is 1.57. The first kappa shape index (κ1) is 18.2. The van der Waals surface area contributed by atoms with E-state index in [9.17, 15) is 9.59 Å². The van der Waals surface area contributed by atoms with Gasteiger partial charge in [0.2, 0.25) is 0 Å². The number of benzene rings is 1. The van der Waals surface area contributed by atoms with E-state index < -0.39 is 0 Å². The highest BCUT2D eigenvalue weighted by molar-refractivity contribution is 5.96. The summed E-state index contributed by atoms with van der Waals surface area (Å²) in [5.74, 6) is 0.651. The molecule has 1 aliphatic rings. The van der Waals surface area contributed by atoms with Crippen LogP contribution in [0.5, 0.6) is 0 Å². The second kappa shape index (κ2) is 7.46. The molecule has 0 bridgehead atoms. The number of amides is 1. The van der Waals surface area contributed by atoms with Gasteiger partial charge in [0, 0.05) is 24.7 Å². The Kier molecular flexibility index (Phi) is 4.85. The minimum absolute atomic E-state index is 0.00451. The van der Waals surface area contributed by atoms with E-state index in [4.69, 9.17) is 0 Å². The maximum Gasteiger partial charge on any atom is 0.343 e. The van der Waals surface area contributed by atoms with Crippen LogP contribution < -0.4 is 11.0 Å². The Morgan fingerprint density at radius 1 is 1.25 bits per heavy atom. The molecule has 8 heteroatoms. The lowest BCUT2D eigenvalue weighted by atomic mass is 10.1. The summed E-state index contributed by atoms with van der Waals surface area (Å²) in [4.78, 5) is 24.7. The van der Waals surface area contributed by atoms with Crippen molar-refractivity contribution in [1.29, 1.82) is 0 Å². The molecule has 8 nitrogen and oxygen atoms in total. The number of hydrogen-bond acceptors (Lipinski definition) is 4. The van der Waals surface area contributed by atoms with Crippen molar-refractivity contribution >= 4 is 5.91 Å². The highest BCUT2D eigenvalue weighted by Gasteiger charge is 2.24. The van der Waals surface area contributed by atoms with Gasteiger partial charge in [-0.3, -0.25) is 14.0 Å². The summed E-state index contributed by atoms with van der Waals surface area (Å²) < 4.78 is 3.53. The molecule has 2 N–H and O–H groups in total. The third kappa shape index (κ3) is 3.49. The molecule has 146 valence electrons. The van der Waals surface area contributed by atoms with E-state index in [1.807, 2.05) is 48.9 Å². The van der Waals surface area contributed by atoms with Crippen molar-refractivity contribution in [2.45, 2.75) is 52.2 Å². The maximum atomic E-state index is 13.0. The van der Waals surface area contributed by atoms with Gasteiger partial charge in [-0.2, -0.15) is 10.2 Å². The third-order valence-electron chi connectivity index (χ3n) is 5.37. The first-order valence-corrected chi connectivity index (χ1v) is 9.56. The molecule has 0 spiro atoms. The van der Waals surface area contributed by atoms with Crippen molar-refractivity contribution in [3.8, 4) is 0 Å². The summed E-state index contributed by atoms with van der Waals surface area (Å²) >= 11 is 0. The van der Waals surface area contributed by atoms with Crippen molar-refractivity contribution in [3.05, 3.63) is 69.2 Å². The van der Waals surface area contributed by atoms with Crippen LogP contribution in [0.1, 0.15) is 46.0 Å². The lowest BCUT2D eigenvalue weighted by molar-refractivity contribution is 0.0931. The average Bonchev–Trinajstić information content (AvgIpc) is 3.08. The second-order valence-electron chi connectivity index (χ2n) is 7.28. The van der Waals surface area contributed by atoms with Gasteiger partial charge < -0.3 is 5.32 Å². The Balaban J connectivity index is 1.47. The van der Waals surface area contributed by atoms with Gasteiger partial charge in [0.05, 0.1) is 17.8 Å². The maximum absolute atomic E-state index is 13.0. The zero-order valence-corrected chi connectivity index (χ0v) is 16.1. The molecule has 3 heterocycles. The zero-order chi connectivity index (χ0) is 19.7. The fourth-order valence-electron chi connectivity index (χ4n) is 3.84. The third-order valence-corrected chi connectivity index (χ3v) is 5.37. The van der Waals surface area contributed by atoms with E-state index in [1.54, 1.807) is 4.57 Å². The number of aromatic nitrogens is 5. The lowest BCUT2D eigenvalue weighted by Crippen LogP contribution is -2.36. The normalized spacial score (nSPS) is 16.4. The fourth-order valence-corrected chi connectivity index (χ4v) is 3.84. The van der Waals surface area contributed by atoms with Gasteiger partial charge in [0.1, 0.15) is 5.82 Å². The summed E-state index contributed by atoms with van der Waals surface area (Å²) in [5.41, 5.74) is 3.18. The van der Waals surface area contributed by atoms with Gasteiger partial charge in [-0.25, -0.2) is 9.89 Å². The largest absolute Gasteiger partial charge is 0.349 e.